The monoisotopic (exact) mass is 263 g/mol. The molecule has 0 unspecified atom stereocenters. The molecule has 1 aliphatic rings. The first-order valence-corrected chi connectivity index (χ1v) is 5.79. The molecule has 18 heavy (non-hydrogen) atoms. The van der Waals surface area contributed by atoms with E-state index >= 15 is 0 Å². The highest BCUT2D eigenvalue weighted by molar-refractivity contribution is 6.30. The van der Waals surface area contributed by atoms with E-state index in [0.29, 0.717) is 9.92 Å². The van der Waals surface area contributed by atoms with E-state index in [9.17, 15) is 14.4 Å². The van der Waals surface area contributed by atoms with E-state index < -0.39 is 17.7 Å². The fourth-order valence-electron chi connectivity index (χ4n) is 1.64. The van der Waals surface area contributed by atoms with E-state index in [0.717, 1.165) is 5.56 Å². The molecule has 5 heteroatoms. The third-order valence-electron chi connectivity index (χ3n) is 2.56. The van der Waals surface area contributed by atoms with Crippen molar-refractivity contribution in [3.8, 4) is 0 Å². The van der Waals surface area contributed by atoms with Crippen LogP contribution in [-0.4, -0.2) is 22.6 Å². The first-order chi connectivity index (χ1) is 8.58. The molecule has 0 radical (unpaired) electrons. The third-order valence-corrected chi connectivity index (χ3v) is 2.81. The first kappa shape index (κ1) is 12.5. The second kappa shape index (κ2) is 5.14. The molecule has 2 rings (SSSR count). The number of likely N-dealkylation sites (tertiary alicyclic amines) is 1. The van der Waals surface area contributed by atoms with Crippen molar-refractivity contribution in [2.75, 3.05) is 0 Å². The molecule has 0 N–H and O–H groups in total. The van der Waals surface area contributed by atoms with Crippen LogP contribution in [0.4, 0.5) is 0 Å². The van der Waals surface area contributed by atoms with E-state index in [-0.39, 0.29) is 12.8 Å². The summed E-state index contributed by atoms with van der Waals surface area (Å²) in [7, 11) is 0. The van der Waals surface area contributed by atoms with E-state index in [1.165, 1.54) is 12.2 Å². The zero-order valence-electron chi connectivity index (χ0n) is 9.43. The molecule has 0 saturated carbocycles. The van der Waals surface area contributed by atoms with E-state index in [1.54, 1.807) is 24.3 Å². The van der Waals surface area contributed by atoms with Crippen molar-refractivity contribution >= 4 is 35.4 Å². The number of amides is 3. The molecule has 1 heterocycles. The smallest absolute Gasteiger partial charge is 0.260 e. The van der Waals surface area contributed by atoms with Crippen LogP contribution in [0.15, 0.2) is 30.3 Å². The van der Waals surface area contributed by atoms with Crippen molar-refractivity contribution in [3.63, 3.8) is 0 Å². The van der Waals surface area contributed by atoms with Gasteiger partial charge in [0.05, 0.1) is 0 Å². The molecule has 0 atom stereocenters. The van der Waals surface area contributed by atoms with Gasteiger partial charge >= 0.3 is 0 Å². The first-order valence-electron chi connectivity index (χ1n) is 5.41. The van der Waals surface area contributed by atoms with Crippen molar-refractivity contribution < 1.29 is 14.4 Å². The van der Waals surface area contributed by atoms with Crippen LogP contribution in [0.3, 0.4) is 0 Å². The van der Waals surface area contributed by atoms with Gasteiger partial charge in [-0.05, 0) is 23.8 Å². The molecule has 1 aliphatic heterocycles. The number of imide groups is 3. The van der Waals surface area contributed by atoms with Crippen LogP contribution in [0.2, 0.25) is 5.02 Å². The highest BCUT2D eigenvalue weighted by Crippen LogP contribution is 2.14. The lowest BCUT2D eigenvalue weighted by atomic mass is 10.2. The molecule has 3 amide bonds. The zero-order valence-corrected chi connectivity index (χ0v) is 10.2. The lowest BCUT2D eigenvalue weighted by molar-refractivity contribution is -0.146. The van der Waals surface area contributed by atoms with Gasteiger partial charge < -0.3 is 0 Å². The maximum absolute atomic E-state index is 11.7. The predicted molar refractivity (Wildman–Crippen MR) is 66.6 cm³/mol. The summed E-state index contributed by atoms with van der Waals surface area (Å²) in [6, 6.07) is 6.86. The fraction of sp³-hybridized carbons (Fsp3) is 0.154. The Kier molecular flexibility index (Phi) is 3.58. The van der Waals surface area contributed by atoms with Crippen LogP contribution in [0.5, 0.6) is 0 Å². The second-order valence-corrected chi connectivity index (χ2v) is 4.28. The normalized spacial score (nSPS) is 15.7. The number of rotatable bonds is 2. The van der Waals surface area contributed by atoms with Crippen molar-refractivity contribution in [2.24, 2.45) is 0 Å². The molecule has 92 valence electrons. The van der Waals surface area contributed by atoms with Crippen LogP contribution in [0, 0.1) is 0 Å². The number of nitrogens with zero attached hydrogens (tertiary/aromatic N) is 1. The van der Waals surface area contributed by atoms with Crippen LogP contribution in [-0.2, 0) is 14.4 Å². The van der Waals surface area contributed by atoms with E-state index in [4.69, 9.17) is 11.6 Å². The van der Waals surface area contributed by atoms with Gasteiger partial charge in [0.15, 0.2) is 0 Å². The van der Waals surface area contributed by atoms with Crippen molar-refractivity contribution in [3.05, 3.63) is 40.9 Å². The van der Waals surface area contributed by atoms with Gasteiger partial charge in [-0.3, -0.25) is 14.4 Å². The fourth-order valence-corrected chi connectivity index (χ4v) is 1.76. The minimum atomic E-state index is -0.600. The molecule has 0 aliphatic carbocycles. The average Bonchev–Trinajstić information content (AvgIpc) is 2.68. The Morgan fingerprint density at radius 1 is 1.11 bits per heavy atom. The predicted octanol–water partition coefficient (Wildman–Crippen LogP) is 2.03. The largest absolute Gasteiger partial charge is 0.274 e. The molecule has 1 saturated heterocycles. The number of carbonyl (C=O) groups excluding carboxylic acids is 3. The lowest BCUT2D eigenvalue weighted by Crippen LogP contribution is -2.34. The highest BCUT2D eigenvalue weighted by atomic mass is 35.5. The van der Waals surface area contributed by atoms with Crippen molar-refractivity contribution in [2.45, 2.75) is 12.8 Å². The number of hydrogen-bond donors (Lipinski definition) is 0. The van der Waals surface area contributed by atoms with Gasteiger partial charge in [-0.1, -0.05) is 23.7 Å². The van der Waals surface area contributed by atoms with Crippen LogP contribution in [0.25, 0.3) is 6.08 Å². The maximum Gasteiger partial charge on any atom is 0.260 e. The minimum Gasteiger partial charge on any atom is -0.274 e. The summed E-state index contributed by atoms with van der Waals surface area (Å²) in [6.07, 6.45) is 2.97. The van der Waals surface area contributed by atoms with Gasteiger partial charge in [-0.2, -0.15) is 0 Å². The van der Waals surface area contributed by atoms with Gasteiger partial charge in [0.25, 0.3) is 5.91 Å². The average molecular weight is 264 g/mol. The molecular formula is C13H10ClNO3. The SMILES string of the molecule is O=C(/C=C/c1ccc(Cl)cc1)N1C(=O)CCC1=O. The van der Waals surface area contributed by atoms with Crippen LogP contribution < -0.4 is 0 Å². The molecule has 1 aromatic rings. The Morgan fingerprint density at radius 3 is 2.22 bits per heavy atom. The van der Waals surface area contributed by atoms with E-state index in [2.05, 4.69) is 0 Å². The molecule has 1 fully saturated rings. The number of halogens is 1. The lowest BCUT2D eigenvalue weighted by Gasteiger charge is -2.07. The number of carbonyl (C=O) groups is 3. The summed E-state index contributed by atoms with van der Waals surface area (Å²) in [6.45, 7) is 0. The Hall–Kier alpha value is -1.94. The van der Waals surface area contributed by atoms with E-state index in [1.807, 2.05) is 0 Å². The molecule has 0 spiro atoms. The Morgan fingerprint density at radius 2 is 1.67 bits per heavy atom. The Bertz CT molecular complexity index is 518. The van der Waals surface area contributed by atoms with Gasteiger partial charge in [0.1, 0.15) is 0 Å². The molecule has 0 aromatic heterocycles. The van der Waals surface area contributed by atoms with Gasteiger partial charge in [-0.25, -0.2) is 4.90 Å². The van der Waals surface area contributed by atoms with Gasteiger partial charge in [0.2, 0.25) is 11.8 Å². The summed E-state index contributed by atoms with van der Waals surface area (Å²) in [5.41, 5.74) is 0.770. The topological polar surface area (TPSA) is 54.5 Å². The standard InChI is InChI=1S/C13H10ClNO3/c14-10-4-1-9(2-5-10)3-6-11(16)15-12(17)7-8-13(15)18/h1-6H,7-8H2/b6-3+. The Labute approximate surface area is 109 Å². The maximum atomic E-state index is 11.7. The zero-order chi connectivity index (χ0) is 13.1. The number of benzene rings is 1. The second-order valence-electron chi connectivity index (χ2n) is 3.85. The van der Waals surface area contributed by atoms with Gasteiger partial charge in [0, 0.05) is 23.9 Å². The van der Waals surface area contributed by atoms with Crippen LogP contribution in [0.1, 0.15) is 18.4 Å². The summed E-state index contributed by atoms with van der Waals surface area (Å²) in [4.78, 5) is 35.0. The summed E-state index contributed by atoms with van der Waals surface area (Å²) >= 11 is 5.73. The van der Waals surface area contributed by atoms with Crippen molar-refractivity contribution in [1.82, 2.24) is 4.90 Å². The molecular weight excluding hydrogens is 254 g/mol. The van der Waals surface area contributed by atoms with Crippen LogP contribution >= 0.6 is 11.6 Å². The van der Waals surface area contributed by atoms with Gasteiger partial charge in [-0.15, -0.1) is 0 Å². The minimum absolute atomic E-state index is 0.110. The number of hydrogen-bond acceptors (Lipinski definition) is 3. The van der Waals surface area contributed by atoms with Crippen molar-refractivity contribution in [1.29, 1.82) is 0 Å². The summed E-state index contributed by atoms with van der Waals surface area (Å²) in [5.74, 6) is -1.48. The Balaban J connectivity index is 2.09. The summed E-state index contributed by atoms with van der Waals surface area (Å²) < 4.78 is 0. The molecule has 4 nitrogen and oxygen atoms in total. The summed E-state index contributed by atoms with van der Waals surface area (Å²) in [5, 5.41) is 0.600. The quantitative estimate of drug-likeness (QED) is 0.606. The third kappa shape index (κ3) is 2.65. The molecule has 0 bridgehead atoms. The highest BCUT2D eigenvalue weighted by Gasteiger charge is 2.32. The molecule has 1 aromatic carbocycles.